The number of benzene rings is 1. The van der Waals surface area contributed by atoms with E-state index in [0.29, 0.717) is 13.0 Å². The van der Waals surface area contributed by atoms with Crippen molar-refractivity contribution in [3.63, 3.8) is 0 Å². The van der Waals surface area contributed by atoms with Gasteiger partial charge in [0, 0.05) is 29.0 Å². The van der Waals surface area contributed by atoms with Gasteiger partial charge in [-0.15, -0.1) is 0 Å². The monoisotopic (exact) mass is 308 g/mol. The van der Waals surface area contributed by atoms with E-state index in [4.69, 9.17) is 5.11 Å². The first-order valence-corrected chi connectivity index (χ1v) is 6.46. The largest absolute Gasteiger partial charge is 0.481 e. The van der Waals surface area contributed by atoms with Crippen LogP contribution in [0.1, 0.15) is 12.8 Å². The lowest BCUT2D eigenvalue weighted by Gasteiger charge is -2.08. The van der Waals surface area contributed by atoms with E-state index in [0.717, 1.165) is 21.1 Å². The van der Waals surface area contributed by atoms with Crippen molar-refractivity contribution in [2.24, 2.45) is 0 Å². The molecule has 2 aromatic rings. The molecule has 2 N–H and O–H groups in total. The number of carboxylic acid groups (broad SMARTS) is 1. The van der Waals surface area contributed by atoms with E-state index in [2.05, 4.69) is 26.2 Å². The summed E-state index contributed by atoms with van der Waals surface area (Å²) < 4.78 is 0.943. The van der Waals surface area contributed by atoms with Gasteiger partial charge in [0.05, 0.1) is 11.2 Å². The number of carbonyl (C=O) groups is 1. The molecule has 0 saturated carbocycles. The molecule has 94 valence electrons. The summed E-state index contributed by atoms with van der Waals surface area (Å²) in [6.45, 7) is 0.628. The Balaban J connectivity index is 2.11. The van der Waals surface area contributed by atoms with Crippen LogP contribution in [-0.4, -0.2) is 22.6 Å². The van der Waals surface area contributed by atoms with Crippen LogP contribution in [0.5, 0.6) is 0 Å². The van der Waals surface area contributed by atoms with E-state index in [9.17, 15) is 4.79 Å². The van der Waals surface area contributed by atoms with Crippen molar-refractivity contribution in [2.75, 3.05) is 11.9 Å². The molecule has 0 bridgehead atoms. The maximum atomic E-state index is 10.4. The summed E-state index contributed by atoms with van der Waals surface area (Å²) in [5, 5.41) is 12.8. The zero-order valence-electron chi connectivity index (χ0n) is 9.69. The molecule has 1 heterocycles. The quantitative estimate of drug-likeness (QED) is 0.832. The molecule has 4 nitrogen and oxygen atoms in total. The highest BCUT2D eigenvalue weighted by molar-refractivity contribution is 9.10. The zero-order valence-corrected chi connectivity index (χ0v) is 11.3. The highest BCUT2D eigenvalue weighted by Crippen LogP contribution is 2.23. The van der Waals surface area contributed by atoms with Crippen molar-refractivity contribution in [2.45, 2.75) is 12.8 Å². The summed E-state index contributed by atoms with van der Waals surface area (Å²) in [6.07, 6.45) is 2.53. The van der Waals surface area contributed by atoms with Gasteiger partial charge in [-0.05, 0) is 34.5 Å². The molecule has 5 heteroatoms. The number of nitrogens with zero attached hydrogens (tertiary/aromatic N) is 1. The molecule has 0 aliphatic carbocycles. The standard InChI is InChI=1S/C13H13BrN2O2/c14-10-7-9-3-1-4-11(13(9)16-8-10)15-6-2-5-12(17)18/h1,3-4,7-8,15H,2,5-6H2,(H,17,18). The van der Waals surface area contributed by atoms with Gasteiger partial charge in [0.2, 0.25) is 0 Å². The van der Waals surface area contributed by atoms with E-state index in [1.54, 1.807) is 6.20 Å². The Kier molecular flexibility index (Phi) is 4.15. The number of hydrogen-bond acceptors (Lipinski definition) is 3. The topological polar surface area (TPSA) is 62.2 Å². The number of fused-ring (bicyclic) bond motifs is 1. The number of anilines is 1. The number of hydrogen-bond donors (Lipinski definition) is 2. The number of pyridine rings is 1. The van der Waals surface area contributed by atoms with Crippen LogP contribution in [-0.2, 0) is 4.79 Å². The third kappa shape index (κ3) is 3.20. The minimum Gasteiger partial charge on any atom is -0.481 e. The van der Waals surface area contributed by atoms with Crippen molar-refractivity contribution >= 4 is 38.5 Å². The lowest BCUT2D eigenvalue weighted by Crippen LogP contribution is -2.05. The van der Waals surface area contributed by atoms with Gasteiger partial charge in [-0.25, -0.2) is 0 Å². The van der Waals surface area contributed by atoms with E-state index in [1.165, 1.54) is 0 Å². The van der Waals surface area contributed by atoms with Gasteiger partial charge < -0.3 is 10.4 Å². The molecule has 0 unspecified atom stereocenters. The maximum absolute atomic E-state index is 10.4. The third-order valence-electron chi connectivity index (χ3n) is 2.56. The summed E-state index contributed by atoms with van der Waals surface area (Å²) in [6, 6.07) is 7.90. The molecule has 0 aliphatic rings. The molecular weight excluding hydrogens is 296 g/mol. The van der Waals surface area contributed by atoms with E-state index in [1.807, 2.05) is 24.3 Å². The number of carboxylic acids is 1. The van der Waals surface area contributed by atoms with Gasteiger partial charge in [-0.2, -0.15) is 0 Å². The number of aromatic nitrogens is 1. The smallest absolute Gasteiger partial charge is 0.303 e. The van der Waals surface area contributed by atoms with Gasteiger partial charge in [0.15, 0.2) is 0 Å². The summed E-state index contributed by atoms with van der Waals surface area (Å²) in [5.41, 5.74) is 1.83. The molecule has 0 fully saturated rings. The van der Waals surface area contributed by atoms with E-state index >= 15 is 0 Å². The highest BCUT2D eigenvalue weighted by Gasteiger charge is 2.03. The fourth-order valence-corrected chi connectivity index (χ4v) is 2.09. The Morgan fingerprint density at radius 3 is 3.06 bits per heavy atom. The molecule has 18 heavy (non-hydrogen) atoms. The van der Waals surface area contributed by atoms with Crippen molar-refractivity contribution in [3.8, 4) is 0 Å². The molecule has 1 aromatic heterocycles. The summed E-state index contributed by atoms with van der Waals surface area (Å²) >= 11 is 3.39. The average molecular weight is 309 g/mol. The molecule has 0 saturated heterocycles. The Labute approximate surface area is 113 Å². The van der Waals surface area contributed by atoms with Crippen LogP contribution in [0.4, 0.5) is 5.69 Å². The number of halogens is 1. The summed E-state index contributed by atoms with van der Waals surface area (Å²) in [4.78, 5) is 14.8. The lowest BCUT2D eigenvalue weighted by molar-refractivity contribution is -0.137. The maximum Gasteiger partial charge on any atom is 0.303 e. The Hall–Kier alpha value is -1.62. The second-order valence-corrected chi connectivity index (χ2v) is 4.87. The van der Waals surface area contributed by atoms with E-state index < -0.39 is 5.97 Å². The van der Waals surface area contributed by atoms with Crippen LogP contribution in [0, 0.1) is 0 Å². The number of nitrogens with one attached hydrogen (secondary N) is 1. The second-order valence-electron chi connectivity index (χ2n) is 3.95. The van der Waals surface area contributed by atoms with Crippen LogP contribution in [0.15, 0.2) is 34.9 Å². The van der Waals surface area contributed by atoms with Crippen LogP contribution in [0.3, 0.4) is 0 Å². The fraction of sp³-hybridized carbons (Fsp3) is 0.231. The molecule has 0 atom stereocenters. The normalized spacial score (nSPS) is 10.5. The fourth-order valence-electron chi connectivity index (χ4n) is 1.74. The first-order chi connectivity index (χ1) is 8.66. The highest BCUT2D eigenvalue weighted by atomic mass is 79.9. The van der Waals surface area contributed by atoms with Gasteiger partial charge in [0.25, 0.3) is 0 Å². The Morgan fingerprint density at radius 1 is 1.44 bits per heavy atom. The Morgan fingerprint density at radius 2 is 2.28 bits per heavy atom. The van der Waals surface area contributed by atoms with Gasteiger partial charge >= 0.3 is 5.97 Å². The van der Waals surface area contributed by atoms with Gasteiger partial charge in [-0.1, -0.05) is 12.1 Å². The van der Waals surface area contributed by atoms with Crippen molar-refractivity contribution in [3.05, 3.63) is 34.9 Å². The lowest BCUT2D eigenvalue weighted by atomic mass is 10.2. The third-order valence-corrected chi connectivity index (χ3v) is 2.99. The van der Waals surface area contributed by atoms with Gasteiger partial charge in [-0.3, -0.25) is 9.78 Å². The molecule has 0 amide bonds. The minimum atomic E-state index is -0.767. The molecule has 0 radical (unpaired) electrons. The van der Waals surface area contributed by atoms with Gasteiger partial charge in [0.1, 0.15) is 0 Å². The molecule has 0 spiro atoms. The molecule has 1 aromatic carbocycles. The van der Waals surface area contributed by atoms with E-state index in [-0.39, 0.29) is 6.42 Å². The zero-order chi connectivity index (χ0) is 13.0. The van der Waals surface area contributed by atoms with Crippen molar-refractivity contribution < 1.29 is 9.90 Å². The molecule has 0 aliphatic heterocycles. The SMILES string of the molecule is O=C(O)CCCNc1cccc2cc(Br)cnc12. The Bertz CT molecular complexity index is 572. The molecule has 2 rings (SSSR count). The summed E-state index contributed by atoms with van der Waals surface area (Å²) in [7, 11) is 0. The predicted octanol–water partition coefficient (Wildman–Crippen LogP) is 3.27. The number of rotatable bonds is 5. The van der Waals surface area contributed by atoms with Crippen LogP contribution in [0.2, 0.25) is 0 Å². The molecular formula is C13H13BrN2O2. The predicted molar refractivity (Wildman–Crippen MR) is 74.8 cm³/mol. The van der Waals surface area contributed by atoms with Crippen molar-refractivity contribution in [1.82, 2.24) is 4.98 Å². The number of aliphatic carboxylic acids is 1. The van der Waals surface area contributed by atoms with Crippen molar-refractivity contribution in [1.29, 1.82) is 0 Å². The van der Waals surface area contributed by atoms with Crippen LogP contribution in [0.25, 0.3) is 10.9 Å². The van der Waals surface area contributed by atoms with Crippen LogP contribution >= 0.6 is 15.9 Å². The minimum absolute atomic E-state index is 0.177. The summed E-state index contributed by atoms with van der Waals surface area (Å²) in [5.74, 6) is -0.767. The first-order valence-electron chi connectivity index (χ1n) is 5.67. The first kappa shape index (κ1) is 12.8. The number of para-hydroxylation sites is 1. The average Bonchev–Trinajstić information content (AvgIpc) is 2.34. The second kappa shape index (κ2) is 5.82. The van der Waals surface area contributed by atoms with Crippen LogP contribution < -0.4 is 5.32 Å².